The number of nitrogens with one attached hydrogen (secondary N) is 1. The van der Waals surface area contributed by atoms with Crippen molar-refractivity contribution >= 4 is 11.8 Å². The highest BCUT2D eigenvalue weighted by Gasteiger charge is 2.41. The Kier molecular flexibility index (Phi) is 6.74. The first-order valence-corrected chi connectivity index (χ1v) is 11.5. The third kappa shape index (κ3) is 4.86. The second kappa shape index (κ2) is 9.48. The second-order valence-electron chi connectivity index (χ2n) is 9.33. The van der Waals surface area contributed by atoms with Crippen molar-refractivity contribution in [1.82, 2.24) is 15.1 Å². The number of carbonyl (C=O) groups excluding carboxylic acids is 2. The van der Waals surface area contributed by atoms with E-state index < -0.39 is 6.10 Å². The Balaban J connectivity index is 1.30. The van der Waals surface area contributed by atoms with E-state index in [9.17, 15) is 9.59 Å². The molecule has 1 unspecified atom stereocenters. The largest absolute Gasteiger partial charge is 0.365 e. The fourth-order valence-corrected chi connectivity index (χ4v) is 5.25. The van der Waals surface area contributed by atoms with Crippen LogP contribution >= 0.6 is 0 Å². The number of carbonyl (C=O) groups is 2. The highest BCUT2D eigenvalue weighted by molar-refractivity contribution is 5.94. The lowest BCUT2D eigenvalue weighted by Crippen LogP contribution is -2.58. The van der Waals surface area contributed by atoms with Gasteiger partial charge in [0.25, 0.3) is 5.91 Å². The summed E-state index contributed by atoms with van der Waals surface area (Å²) in [5, 5.41) is 3.09. The molecule has 4 rings (SSSR count). The molecule has 1 aromatic rings. The van der Waals surface area contributed by atoms with Crippen molar-refractivity contribution in [1.29, 1.82) is 0 Å². The van der Waals surface area contributed by atoms with E-state index in [1.807, 2.05) is 42.2 Å². The van der Waals surface area contributed by atoms with Crippen LogP contribution in [0.4, 0.5) is 0 Å². The lowest BCUT2D eigenvalue weighted by molar-refractivity contribution is -0.137. The van der Waals surface area contributed by atoms with Crippen molar-refractivity contribution in [3.63, 3.8) is 0 Å². The number of fused-ring (bicyclic) bond motifs is 2. The van der Waals surface area contributed by atoms with E-state index in [0.29, 0.717) is 19.0 Å². The van der Waals surface area contributed by atoms with E-state index in [0.717, 1.165) is 37.9 Å². The smallest absolute Gasteiger partial charge is 0.254 e. The fraction of sp³-hybridized carbons (Fsp3) is 0.667. The maximum atomic E-state index is 13.0. The number of piperazine rings is 1. The van der Waals surface area contributed by atoms with Gasteiger partial charge in [0, 0.05) is 43.8 Å². The summed E-state index contributed by atoms with van der Waals surface area (Å²) in [6.45, 7) is 7.20. The maximum Gasteiger partial charge on any atom is 0.254 e. The summed E-state index contributed by atoms with van der Waals surface area (Å²) < 4.78 is 6.05. The number of hydrogen-bond acceptors (Lipinski definition) is 4. The van der Waals surface area contributed by atoms with Gasteiger partial charge in [0.2, 0.25) is 5.91 Å². The summed E-state index contributed by atoms with van der Waals surface area (Å²) in [4.78, 5) is 30.1. The van der Waals surface area contributed by atoms with Crippen LogP contribution in [0.2, 0.25) is 0 Å². The zero-order chi connectivity index (χ0) is 21.1. The molecule has 30 heavy (non-hydrogen) atoms. The number of benzene rings is 1. The highest BCUT2D eigenvalue weighted by atomic mass is 16.5. The predicted octanol–water partition coefficient (Wildman–Crippen LogP) is 2.69. The Hall–Kier alpha value is -1.92. The molecule has 2 amide bonds. The van der Waals surface area contributed by atoms with E-state index in [-0.39, 0.29) is 30.0 Å². The molecule has 1 aliphatic carbocycles. The molecule has 1 saturated carbocycles. The average molecular weight is 414 g/mol. The van der Waals surface area contributed by atoms with Gasteiger partial charge in [0.15, 0.2) is 0 Å². The Labute approximate surface area is 179 Å². The van der Waals surface area contributed by atoms with Crippen LogP contribution in [0.15, 0.2) is 30.3 Å². The van der Waals surface area contributed by atoms with Crippen molar-refractivity contribution in [3.8, 4) is 0 Å². The van der Waals surface area contributed by atoms with Crippen molar-refractivity contribution in [3.05, 3.63) is 35.9 Å². The molecule has 3 aliphatic rings. The molecule has 2 bridgehead atoms. The first-order valence-electron chi connectivity index (χ1n) is 11.5. The first-order chi connectivity index (χ1) is 14.5. The van der Waals surface area contributed by atoms with Crippen molar-refractivity contribution in [2.45, 2.75) is 70.2 Å². The molecular formula is C24H35N3O3. The van der Waals surface area contributed by atoms with Crippen LogP contribution in [-0.4, -0.2) is 72.1 Å². The van der Waals surface area contributed by atoms with Gasteiger partial charge in [-0.1, -0.05) is 38.0 Å². The van der Waals surface area contributed by atoms with Crippen molar-refractivity contribution in [2.75, 3.05) is 26.2 Å². The van der Waals surface area contributed by atoms with Crippen LogP contribution in [0.25, 0.3) is 0 Å². The predicted molar refractivity (Wildman–Crippen MR) is 116 cm³/mol. The summed E-state index contributed by atoms with van der Waals surface area (Å²) in [6, 6.07) is 9.94. The third-order valence-electron chi connectivity index (χ3n) is 7.01. The molecule has 2 saturated heterocycles. The molecule has 1 aromatic carbocycles. The summed E-state index contributed by atoms with van der Waals surface area (Å²) in [7, 11) is 0. The molecule has 3 fully saturated rings. The molecule has 6 atom stereocenters. The first kappa shape index (κ1) is 21.3. The lowest BCUT2D eigenvalue weighted by Gasteiger charge is -2.40. The fourth-order valence-electron chi connectivity index (χ4n) is 5.25. The van der Waals surface area contributed by atoms with E-state index in [4.69, 9.17) is 4.74 Å². The molecule has 2 heterocycles. The molecule has 0 aromatic heterocycles. The van der Waals surface area contributed by atoms with Gasteiger partial charge in [-0.25, -0.2) is 0 Å². The molecule has 2 aliphatic heterocycles. The molecule has 0 spiro atoms. The molecular weight excluding hydrogens is 378 g/mol. The molecule has 164 valence electrons. The van der Waals surface area contributed by atoms with Crippen molar-refractivity contribution in [2.24, 2.45) is 5.92 Å². The normalized spacial score (nSPS) is 31.9. The standard InChI is InChI=1S/C24H35N3O3/c1-17-7-6-10-22(13-17)30-18(2)23(28)25-14-21-16-27(20-11-12-26(21)15-20)24(29)19-8-4-3-5-9-19/h3-5,8-9,17-18,20-22H,6-7,10-16H2,1-2H3,(H,25,28)/t17-,18+,20+,21+,22+/m1/s1. The van der Waals surface area contributed by atoms with Crippen LogP contribution in [-0.2, 0) is 9.53 Å². The Morgan fingerprint density at radius 1 is 1.17 bits per heavy atom. The van der Waals surface area contributed by atoms with Gasteiger partial charge in [-0.3, -0.25) is 14.5 Å². The number of nitrogens with zero attached hydrogens (tertiary/aromatic N) is 2. The van der Waals surface area contributed by atoms with E-state index in [1.54, 1.807) is 0 Å². The summed E-state index contributed by atoms with van der Waals surface area (Å²) in [5.41, 5.74) is 0.740. The Morgan fingerprint density at radius 3 is 2.73 bits per heavy atom. The molecule has 6 nitrogen and oxygen atoms in total. The Bertz CT molecular complexity index is 740. The van der Waals surface area contributed by atoms with Crippen LogP contribution in [0.5, 0.6) is 0 Å². The second-order valence-corrected chi connectivity index (χ2v) is 9.33. The number of ether oxygens (including phenoxy) is 1. The van der Waals surface area contributed by atoms with Gasteiger partial charge < -0.3 is 15.0 Å². The Morgan fingerprint density at radius 2 is 1.97 bits per heavy atom. The number of hydrogen-bond donors (Lipinski definition) is 1. The van der Waals surface area contributed by atoms with Gasteiger partial charge >= 0.3 is 0 Å². The lowest BCUT2D eigenvalue weighted by atomic mass is 9.88. The minimum absolute atomic E-state index is 0.0458. The van der Waals surface area contributed by atoms with Crippen LogP contribution in [0.1, 0.15) is 56.3 Å². The average Bonchev–Trinajstić information content (AvgIpc) is 3.17. The SMILES string of the molecule is C[C@@H]1CCC[C@H](O[C@@H](C)C(=O)NC[C@H]2CN(C(=O)c3ccccc3)[C@H]3CCN2C3)C1. The number of amides is 2. The zero-order valence-corrected chi connectivity index (χ0v) is 18.3. The molecule has 0 radical (unpaired) electrons. The topological polar surface area (TPSA) is 61.9 Å². The summed E-state index contributed by atoms with van der Waals surface area (Å²) >= 11 is 0. The van der Waals surface area contributed by atoms with Gasteiger partial charge in [-0.2, -0.15) is 0 Å². The van der Waals surface area contributed by atoms with E-state index >= 15 is 0 Å². The van der Waals surface area contributed by atoms with Gasteiger partial charge in [-0.05, 0) is 44.2 Å². The third-order valence-corrected chi connectivity index (χ3v) is 7.01. The highest BCUT2D eigenvalue weighted by Crippen LogP contribution is 2.27. The van der Waals surface area contributed by atoms with E-state index in [1.165, 1.54) is 12.8 Å². The van der Waals surface area contributed by atoms with Crippen LogP contribution in [0.3, 0.4) is 0 Å². The van der Waals surface area contributed by atoms with Crippen LogP contribution in [0, 0.1) is 5.92 Å². The zero-order valence-electron chi connectivity index (χ0n) is 18.3. The summed E-state index contributed by atoms with van der Waals surface area (Å²) in [6.07, 6.45) is 5.31. The quantitative estimate of drug-likeness (QED) is 0.779. The monoisotopic (exact) mass is 413 g/mol. The summed E-state index contributed by atoms with van der Waals surface area (Å²) in [5.74, 6) is 0.731. The maximum absolute atomic E-state index is 13.0. The molecule has 1 N–H and O–H groups in total. The van der Waals surface area contributed by atoms with Gasteiger partial charge in [0.05, 0.1) is 6.10 Å². The van der Waals surface area contributed by atoms with Gasteiger partial charge in [-0.15, -0.1) is 0 Å². The minimum Gasteiger partial charge on any atom is -0.365 e. The van der Waals surface area contributed by atoms with E-state index in [2.05, 4.69) is 17.1 Å². The van der Waals surface area contributed by atoms with Gasteiger partial charge in [0.1, 0.15) is 6.10 Å². The molecule has 6 heteroatoms. The van der Waals surface area contributed by atoms with Crippen molar-refractivity contribution < 1.29 is 14.3 Å². The van der Waals surface area contributed by atoms with Crippen LogP contribution < -0.4 is 5.32 Å². The number of rotatable bonds is 6. The minimum atomic E-state index is -0.433.